The summed E-state index contributed by atoms with van der Waals surface area (Å²) in [4.78, 5) is 18.3. The molecule has 2 N–H and O–H groups in total. The second-order valence-corrected chi connectivity index (χ2v) is 5.39. The van der Waals surface area contributed by atoms with Gasteiger partial charge in [0.05, 0.1) is 12.7 Å². The minimum absolute atomic E-state index is 0.00359. The summed E-state index contributed by atoms with van der Waals surface area (Å²) in [6, 6.07) is 12.5. The van der Waals surface area contributed by atoms with Gasteiger partial charge in [-0.25, -0.2) is 0 Å². The summed E-state index contributed by atoms with van der Waals surface area (Å²) in [7, 11) is 0. The van der Waals surface area contributed by atoms with Crippen molar-refractivity contribution in [3.63, 3.8) is 0 Å². The zero-order valence-corrected chi connectivity index (χ0v) is 12.3. The third-order valence-electron chi connectivity index (χ3n) is 3.82. The highest BCUT2D eigenvalue weighted by molar-refractivity contribution is 5.83. The SMILES string of the molecule is NC(C(=O)N1CCC(Oc2cccnc2)C1)c1ccccc1. The molecule has 2 unspecified atom stereocenters. The van der Waals surface area contributed by atoms with Crippen LogP contribution in [0, 0.1) is 0 Å². The van der Waals surface area contributed by atoms with E-state index in [0.29, 0.717) is 13.1 Å². The molecule has 1 saturated heterocycles. The van der Waals surface area contributed by atoms with Crippen molar-refractivity contribution in [1.82, 2.24) is 9.88 Å². The van der Waals surface area contributed by atoms with Gasteiger partial charge in [0, 0.05) is 19.2 Å². The molecular weight excluding hydrogens is 278 g/mol. The molecule has 1 aliphatic rings. The summed E-state index contributed by atoms with van der Waals surface area (Å²) >= 11 is 0. The molecule has 5 heteroatoms. The van der Waals surface area contributed by atoms with Crippen LogP contribution >= 0.6 is 0 Å². The number of amides is 1. The number of ether oxygens (including phenoxy) is 1. The molecule has 3 rings (SSSR count). The van der Waals surface area contributed by atoms with Gasteiger partial charge in [-0.15, -0.1) is 0 Å². The van der Waals surface area contributed by atoms with Crippen LogP contribution in [0.1, 0.15) is 18.0 Å². The first-order valence-electron chi connectivity index (χ1n) is 7.40. The predicted octanol–water partition coefficient (Wildman–Crippen LogP) is 1.76. The van der Waals surface area contributed by atoms with Crippen molar-refractivity contribution in [1.29, 1.82) is 0 Å². The van der Waals surface area contributed by atoms with Gasteiger partial charge in [-0.3, -0.25) is 9.78 Å². The first-order valence-corrected chi connectivity index (χ1v) is 7.40. The number of pyridine rings is 1. The number of carbonyl (C=O) groups is 1. The van der Waals surface area contributed by atoms with Crippen molar-refractivity contribution in [3.05, 3.63) is 60.4 Å². The van der Waals surface area contributed by atoms with Crippen molar-refractivity contribution in [2.24, 2.45) is 5.73 Å². The molecule has 2 heterocycles. The Balaban J connectivity index is 1.59. The number of rotatable bonds is 4. The van der Waals surface area contributed by atoms with Crippen molar-refractivity contribution in [2.75, 3.05) is 13.1 Å². The highest BCUT2D eigenvalue weighted by atomic mass is 16.5. The number of hydrogen-bond donors (Lipinski definition) is 1. The Morgan fingerprint density at radius 2 is 2.09 bits per heavy atom. The Morgan fingerprint density at radius 3 is 2.82 bits per heavy atom. The van der Waals surface area contributed by atoms with Gasteiger partial charge in [0.25, 0.3) is 0 Å². The summed E-state index contributed by atoms with van der Waals surface area (Å²) in [6.07, 6.45) is 4.19. The summed E-state index contributed by atoms with van der Waals surface area (Å²) in [6.45, 7) is 1.23. The van der Waals surface area contributed by atoms with Gasteiger partial charge in [0.1, 0.15) is 17.9 Å². The third kappa shape index (κ3) is 3.26. The molecule has 1 aromatic heterocycles. The van der Waals surface area contributed by atoms with Crippen molar-refractivity contribution >= 4 is 5.91 Å². The Morgan fingerprint density at radius 1 is 1.27 bits per heavy atom. The van der Waals surface area contributed by atoms with Crippen LogP contribution in [0.25, 0.3) is 0 Å². The van der Waals surface area contributed by atoms with Crippen LogP contribution in [0.2, 0.25) is 0 Å². The molecule has 0 radical (unpaired) electrons. The molecule has 0 aliphatic carbocycles. The van der Waals surface area contributed by atoms with Crippen LogP contribution in [0.15, 0.2) is 54.9 Å². The Labute approximate surface area is 129 Å². The van der Waals surface area contributed by atoms with E-state index in [1.807, 2.05) is 42.5 Å². The largest absolute Gasteiger partial charge is 0.487 e. The van der Waals surface area contributed by atoms with E-state index >= 15 is 0 Å². The van der Waals surface area contributed by atoms with Gasteiger partial charge in [0.2, 0.25) is 5.91 Å². The molecule has 114 valence electrons. The summed E-state index contributed by atoms with van der Waals surface area (Å²) in [5.41, 5.74) is 6.91. The quantitative estimate of drug-likeness (QED) is 0.933. The number of benzene rings is 1. The van der Waals surface area contributed by atoms with Gasteiger partial charge in [-0.2, -0.15) is 0 Å². The highest BCUT2D eigenvalue weighted by Crippen LogP contribution is 2.20. The number of hydrogen-bond acceptors (Lipinski definition) is 4. The Hall–Kier alpha value is -2.40. The van der Waals surface area contributed by atoms with Gasteiger partial charge >= 0.3 is 0 Å². The monoisotopic (exact) mass is 297 g/mol. The van der Waals surface area contributed by atoms with E-state index in [1.165, 1.54) is 0 Å². The zero-order valence-electron chi connectivity index (χ0n) is 12.3. The number of nitrogens with zero attached hydrogens (tertiary/aromatic N) is 2. The Kier molecular flexibility index (Phi) is 4.34. The molecule has 1 aromatic carbocycles. The zero-order chi connectivity index (χ0) is 15.4. The number of likely N-dealkylation sites (tertiary alicyclic amines) is 1. The van der Waals surface area contributed by atoms with E-state index in [0.717, 1.165) is 17.7 Å². The number of aromatic nitrogens is 1. The predicted molar refractivity (Wildman–Crippen MR) is 83.2 cm³/mol. The number of carbonyl (C=O) groups excluding carboxylic acids is 1. The molecule has 1 fully saturated rings. The Bertz CT molecular complexity index is 618. The minimum atomic E-state index is -0.613. The fraction of sp³-hybridized carbons (Fsp3) is 0.294. The molecule has 0 saturated carbocycles. The average molecular weight is 297 g/mol. The second-order valence-electron chi connectivity index (χ2n) is 5.39. The van der Waals surface area contributed by atoms with Crippen LogP contribution in [-0.4, -0.2) is 35.0 Å². The maximum Gasteiger partial charge on any atom is 0.244 e. The lowest BCUT2D eigenvalue weighted by molar-refractivity contribution is -0.131. The molecule has 0 spiro atoms. The van der Waals surface area contributed by atoms with E-state index < -0.39 is 6.04 Å². The van der Waals surface area contributed by atoms with Crippen LogP contribution < -0.4 is 10.5 Å². The fourth-order valence-electron chi connectivity index (χ4n) is 2.63. The van der Waals surface area contributed by atoms with E-state index in [4.69, 9.17) is 10.5 Å². The lowest BCUT2D eigenvalue weighted by Gasteiger charge is -2.21. The van der Waals surface area contributed by atoms with Crippen LogP contribution in [-0.2, 0) is 4.79 Å². The molecule has 0 bridgehead atoms. The lowest BCUT2D eigenvalue weighted by Crippen LogP contribution is -2.38. The summed E-state index contributed by atoms with van der Waals surface area (Å²) in [5, 5.41) is 0. The minimum Gasteiger partial charge on any atom is -0.487 e. The summed E-state index contributed by atoms with van der Waals surface area (Å²) in [5.74, 6) is 0.678. The summed E-state index contributed by atoms with van der Waals surface area (Å²) < 4.78 is 5.84. The molecule has 1 amide bonds. The van der Waals surface area contributed by atoms with Gasteiger partial charge in [0.15, 0.2) is 0 Å². The third-order valence-corrected chi connectivity index (χ3v) is 3.82. The van der Waals surface area contributed by atoms with E-state index in [-0.39, 0.29) is 12.0 Å². The standard InChI is InChI=1S/C17H19N3O2/c18-16(13-5-2-1-3-6-13)17(21)20-10-8-15(12-20)22-14-7-4-9-19-11-14/h1-7,9,11,15-16H,8,10,12,18H2. The molecular formula is C17H19N3O2. The van der Waals surface area contributed by atoms with Gasteiger partial charge in [-0.05, 0) is 17.7 Å². The normalized spacial score (nSPS) is 19.0. The van der Waals surface area contributed by atoms with E-state index in [1.54, 1.807) is 17.3 Å². The average Bonchev–Trinajstić information content (AvgIpc) is 3.04. The van der Waals surface area contributed by atoms with Crippen molar-refractivity contribution < 1.29 is 9.53 Å². The molecule has 5 nitrogen and oxygen atoms in total. The smallest absolute Gasteiger partial charge is 0.244 e. The highest BCUT2D eigenvalue weighted by Gasteiger charge is 2.30. The molecule has 22 heavy (non-hydrogen) atoms. The maximum absolute atomic E-state index is 12.5. The van der Waals surface area contributed by atoms with Crippen LogP contribution in [0.4, 0.5) is 0 Å². The molecule has 2 aromatic rings. The number of nitrogens with two attached hydrogens (primary N) is 1. The first-order chi connectivity index (χ1) is 10.7. The van der Waals surface area contributed by atoms with E-state index in [2.05, 4.69) is 4.98 Å². The topological polar surface area (TPSA) is 68.5 Å². The van der Waals surface area contributed by atoms with Gasteiger partial charge in [-0.1, -0.05) is 30.3 Å². The lowest BCUT2D eigenvalue weighted by atomic mass is 10.1. The van der Waals surface area contributed by atoms with E-state index in [9.17, 15) is 4.79 Å². The van der Waals surface area contributed by atoms with Crippen molar-refractivity contribution in [3.8, 4) is 5.75 Å². The van der Waals surface area contributed by atoms with Crippen LogP contribution in [0.5, 0.6) is 5.75 Å². The van der Waals surface area contributed by atoms with Crippen LogP contribution in [0.3, 0.4) is 0 Å². The van der Waals surface area contributed by atoms with Gasteiger partial charge < -0.3 is 15.4 Å². The fourth-order valence-corrected chi connectivity index (χ4v) is 2.63. The maximum atomic E-state index is 12.5. The first kappa shape index (κ1) is 14.5. The molecule has 1 aliphatic heterocycles. The molecule has 2 atom stereocenters. The van der Waals surface area contributed by atoms with Crippen molar-refractivity contribution in [2.45, 2.75) is 18.6 Å². The second kappa shape index (κ2) is 6.58.